The molecule has 0 aromatic heterocycles. The zero-order valence-corrected chi connectivity index (χ0v) is 21.1. The first-order valence-electron chi connectivity index (χ1n) is 13.2. The molecular formula is C26H57P. The van der Waals surface area contributed by atoms with Gasteiger partial charge in [0.05, 0.1) is 0 Å². The Morgan fingerprint density at radius 1 is 0.296 bits per heavy atom. The molecule has 0 atom stereocenters. The number of unbranched alkanes of at least 4 members (excludes halogenated alkanes) is 14. The van der Waals surface area contributed by atoms with E-state index in [9.17, 15) is 0 Å². The van der Waals surface area contributed by atoms with E-state index in [1.54, 1.807) is 50.3 Å². The van der Waals surface area contributed by atoms with E-state index >= 15 is 0 Å². The SMILES string of the molecule is CCCCCCC[PH](CCCCC)(CCCCCCC)CCCCCCC. The Balaban J connectivity index is 4.61. The van der Waals surface area contributed by atoms with Crippen molar-refractivity contribution in [2.75, 3.05) is 24.6 Å². The Morgan fingerprint density at radius 2 is 0.519 bits per heavy atom. The zero-order valence-electron chi connectivity index (χ0n) is 20.1. The van der Waals surface area contributed by atoms with E-state index in [1.165, 1.54) is 89.9 Å². The molecule has 0 aliphatic heterocycles. The van der Waals surface area contributed by atoms with Crippen molar-refractivity contribution in [1.29, 1.82) is 0 Å². The Kier molecular flexibility index (Phi) is 21.5. The molecule has 1 heteroatoms. The summed E-state index contributed by atoms with van der Waals surface area (Å²) in [6, 6.07) is 0. The molecule has 0 aliphatic carbocycles. The van der Waals surface area contributed by atoms with Crippen LogP contribution in [0.3, 0.4) is 0 Å². The molecule has 0 N–H and O–H groups in total. The van der Waals surface area contributed by atoms with Crippen LogP contribution in [0.2, 0.25) is 0 Å². The van der Waals surface area contributed by atoms with Crippen LogP contribution in [0.4, 0.5) is 0 Å². The molecule has 0 rings (SSSR count). The first kappa shape index (κ1) is 27.4. The van der Waals surface area contributed by atoms with Crippen LogP contribution in [0.1, 0.15) is 143 Å². The third kappa shape index (κ3) is 17.0. The number of hydrogen-bond acceptors (Lipinski definition) is 0. The quantitative estimate of drug-likeness (QED) is 0.125. The predicted molar refractivity (Wildman–Crippen MR) is 134 cm³/mol. The van der Waals surface area contributed by atoms with Gasteiger partial charge in [-0.25, -0.2) is 0 Å². The van der Waals surface area contributed by atoms with Gasteiger partial charge >= 0.3 is 175 Å². The van der Waals surface area contributed by atoms with E-state index in [-0.39, 0.29) is 0 Å². The van der Waals surface area contributed by atoms with Crippen molar-refractivity contribution in [3.05, 3.63) is 0 Å². The van der Waals surface area contributed by atoms with Crippen LogP contribution in [-0.2, 0) is 0 Å². The molecule has 0 radical (unpaired) electrons. The van der Waals surface area contributed by atoms with Crippen molar-refractivity contribution in [3.63, 3.8) is 0 Å². The Hall–Kier alpha value is 0.430. The van der Waals surface area contributed by atoms with Crippen molar-refractivity contribution in [1.82, 2.24) is 0 Å². The van der Waals surface area contributed by atoms with Crippen LogP contribution in [0, 0.1) is 0 Å². The van der Waals surface area contributed by atoms with E-state index in [0.29, 0.717) is 0 Å². The van der Waals surface area contributed by atoms with Crippen molar-refractivity contribution in [2.45, 2.75) is 143 Å². The average Bonchev–Trinajstić information content (AvgIpc) is 2.67. The van der Waals surface area contributed by atoms with Gasteiger partial charge in [0.25, 0.3) is 0 Å². The van der Waals surface area contributed by atoms with E-state index in [0.717, 1.165) is 0 Å². The van der Waals surface area contributed by atoms with Crippen molar-refractivity contribution < 1.29 is 0 Å². The maximum atomic E-state index is 2.38. The van der Waals surface area contributed by atoms with Gasteiger partial charge in [0, 0.05) is 0 Å². The van der Waals surface area contributed by atoms with Crippen LogP contribution in [0.15, 0.2) is 0 Å². The molecule has 0 aromatic rings. The summed E-state index contributed by atoms with van der Waals surface area (Å²) < 4.78 is 0. The molecule has 0 saturated carbocycles. The maximum absolute atomic E-state index is 2.38. The molecule has 0 aromatic carbocycles. The van der Waals surface area contributed by atoms with Gasteiger partial charge in [-0.3, -0.25) is 0 Å². The molecule has 27 heavy (non-hydrogen) atoms. The topological polar surface area (TPSA) is 0 Å². The summed E-state index contributed by atoms with van der Waals surface area (Å²) in [5.41, 5.74) is 0. The van der Waals surface area contributed by atoms with Gasteiger partial charge in [-0.15, -0.1) is 0 Å². The molecule has 0 heterocycles. The minimum atomic E-state index is -1.01. The third-order valence-electron chi connectivity index (χ3n) is 6.74. The van der Waals surface area contributed by atoms with Gasteiger partial charge in [-0.2, -0.15) is 0 Å². The van der Waals surface area contributed by atoms with Crippen molar-refractivity contribution in [2.24, 2.45) is 0 Å². The second-order valence-electron chi connectivity index (χ2n) is 9.45. The van der Waals surface area contributed by atoms with Gasteiger partial charge in [0.1, 0.15) is 0 Å². The first-order valence-corrected chi connectivity index (χ1v) is 16.1. The van der Waals surface area contributed by atoms with Gasteiger partial charge in [0.15, 0.2) is 0 Å². The molecule has 0 saturated heterocycles. The van der Waals surface area contributed by atoms with E-state index in [1.807, 2.05) is 0 Å². The summed E-state index contributed by atoms with van der Waals surface area (Å²) in [6.07, 6.45) is 33.3. The summed E-state index contributed by atoms with van der Waals surface area (Å²) in [5, 5.41) is 0. The summed E-state index contributed by atoms with van der Waals surface area (Å²) >= 11 is 0. The standard InChI is InChI=1S/C26H57P/c1-5-9-13-16-20-24-27(23-19-12-8-4,25-21-17-14-10-6-2)26-22-18-15-11-7-3/h27H,5-26H2,1-4H3. The molecule has 0 unspecified atom stereocenters. The molecule has 0 spiro atoms. The van der Waals surface area contributed by atoms with Gasteiger partial charge < -0.3 is 0 Å². The van der Waals surface area contributed by atoms with E-state index in [4.69, 9.17) is 0 Å². The Morgan fingerprint density at radius 3 is 0.815 bits per heavy atom. The Bertz CT molecular complexity index is 237. The second kappa shape index (κ2) is 21.1. The van der Waals surface area contributed by atoms with Crippen LogP contribution in [0.25, 0.3) is 0 Å². The van der Waals surface area contributed by atoms with Crippen molar-refractivity contribution >= 4 is 7.26 Å². The van der Waals surface area contributed by atoms with Crippen LogP contribution >= 0.6 is 7.26 Å². The molecule has 0 nitrogen and oxygen atoms in total. The summed E-state index contributed by atoms with van der Waals surface area (Å²) in [5.74, 6) is 0. The summed E-state index contributed by atoms with van der Waals surface area (Å²) in [4.78, 5) is 0. The summed E-state index contributed by atoms with van der Waals surface area (Å²) in [6.45, 7) is 9.41. The Labute approximate surface area is 175 Å². The van der Waals surface area contributed by atoms with Gasteiger partial charge in [-0.05, 0) is 0 Å². The van der Waals surface area contributed by atoms with Crippen molar-refractivity contribution in [3.8, 4) is 0 Å². The van der Waals surface area contributed by atoms with Gasteiger partial charge in [-0.1, -0.05) is 0 Å². The van der Waals surface area contributed by atoms with E-state index in [2.05, 4.69) is 27.7 Å². The molecule has 166 valence electrons. The number of hydrogen-bond donors (Lipinski definition) is 0. The molecule has 0 fully saturated rings. The molecule has 0 aliphatic rings. The molecule has 0 amide bonds. The fraction of sp³-hybridized carbons (Fsp3) is 1.00. The normalized spacial score (nSPS) is 12.6. The minimum absolute atomic E-state index is 1.01. The fourth-order valence-corrected chi connectivity index (χ4v) is 10.3. The van der Waals surface area contributed by atoms with E-state index < -0.39 is 7.26 Å². The van der Waals surface area contributed by atoms with Gasteiger partial charge in [0.2, 0.25) is 0 Å². The van der Waals surface area contributed by atoms with Crippen LogP contribution in [0.5, 0.6) is 0 Å². The fourth-order valence-electron chi connectivity index (χ4n) is 4.81. The summed E-state index contributed by atoms with van der Waals surface area (Å²) in [7, 11) is -1.01. The van der Waals surface area contributed by atoms with Crippen LogP contribution < -0.4 is 0 Å². The molecule has 0 bridgehead atoms. The average molecular weight is 401 g/mol. The third-order valence-corrected chi connectivity index (χ3v) is 12.4. The molecular weight excluding hydrogens is 343 g/mol. The second-order valence-corrected chi connectivity index (χ2v) is 14.4. The van der Waals surface area contributed by atoms with Crippen LogP contribution in [-0.4, -0.2) is 24.6 Å². The number of rotatable bonds is 22. The predicted octanol–water partition coefficient (Wildman–Crippen LogP) is 9.84. The monoisotopic (exact) mass is 400 g/mol. The first-order chi connectivity index (χ1) is 13.2. The zero-order chi connectivity index (χ0) is 20.1.